The highest BCUT2D eigenvalue weighted by Crippen LogP contribution is 2.34. The van der Waals surface area contributed by atoms with Crippen LogP contribution in [0.3, 0.4) is 0 Å². The molecule has 4 rings (SSSR count). The van der Waals surface area contributed by atoms with Crippen molar-refractivity contribution in [3.8, 4) is 0 Å². The van der Waals surface area contributed by atoms with Gasteiger partial charge in [0.2, 0.25) is 11.8 Å². The summed E-state index contributed by atoms with van der Waals surface area (Å²) in [5.74, 6) is -0.0684. The molecule has 2 aliphatic heterocycles. The molecule has 0 radical (unpaired) electrons. The van der Waals surface area contributed by atoms with Crippen LogP contribution < -0.4 is 5.32 Å². The molecule has 3 atom stereocenters. The number of hydrogen-bond donors (Lipinski definition) is 1. The third-order valence-corrected chi connectivity index (χ3v) is 5.35. The molecular formula is C19H24N2O3. The minimum Gasteiger partial charge on any atom is -0.375 e. The highest BCUT2D eigenvalue weighted by Gasteiger charge is 2.50. The number of fused-ring (bicyclic) bond motifs is 1. The molecule has 2 saturated heterocycles. The van der Waals surface area contributed by atoms with Crippen LogP contribution in [0.1, 0.15) is 30.4 Å². The summed E-state index contributed by atoms with van der Waals surface area (Å²) in [5, 5.41) is 3.07. The van der Waals surface area contributed by atoms with Crippen LogP contribution in [0.5, 0.6) is 0 Å². The number of nitrogens with zero attached hydrogens (tertiary/aromatic N) is 1. The highest BCUT2D eigenvalue weighted by molar-refractivity contribution is 5.84. The van der Waals surface area contributed by atoms with Crippen molar-refractivity contribution in [3.63, 3.8) is 0 Å². The normalized spacial score (nSPS) is 28.7. The van der Waals surface area contributed by atoms with Crippen LogP contribution in [0, 0.1) is 12.8 Å². The van der Waals surface area contributed by atoms with E-state index < -0.39 is 0 Å². The second-order valence-electron chi connectivity index (χ2n) is 7.29. The third-order valence-electron chi connectivity index (χ3n) is 5.35. The molecule has 0 bridgehead atoms. The number of aryl methyl sites for hydroxylation is 1. The largest absolute Gasteiger partial charge is 0.375 e. The molecule has 0 aromatic heterocycles. The molecule has 3 aliphatic rings. The fourth-order valence-corrected chi connectivity index (χ4v) is 3.81. The summed E-state index contributed by atoms with van der Waals surface area (Å²) in [6.07, 6.45) is 3.23. The number of nitrogens with one attached hydrogen (secondary N) is 1. The fourth-order valence-electron chi connectivity index (χ4n) is 3.81. The van der Waals surface area contributed by atoms with Gasteiger partial charge in [-0.25, -0.2) is 0 Å². The minimum atomic E-state index is -0.222. The monoisotopic (exact) mass is 328 g/mol. The van der Waals surface area contributed by atoms with Crippen LogP contribution in [0.15, 0.2) is 24.3 Å². The van der Waals surface area contributed by atoms with Crippen LogP contribution in [0.2, 0.25) is 0 Å². The van der Waals surface area contributed by atoms with Gasteiger partial charge in [-0.15, -0.1) is 0 Å². The van der Waals surface area contributed by atoms with Crippen molar-refractivity contribution in [1.82, 2.24) is 10.2 Å². The molecule has 3 fully saturated rings. The topological polar surface area (TPSA) is 58.6 Å². The first kappa shape index (κ1) is 15.6. The van der Waals surface area contributed by atoms with E-state index in [9.17, 15) is 9.59 Å². The van der Waals surface area contributed by atoms with Crippen LogP contribution >= 0.6 is 0 Å². The predicted octanol–water partition coefficient (Wildman–Crippen LogP) is 1.43. The van der Waals surface area contributed by atoms with Gasteiger partial charge < -0.3 is 15.0 Å². The van der Waals surface area contributed by atoms with Gasteiger partial charge in [-0.3, -0.25) is 9.59 Å². The first-order chi connectivity index (χ1) is 11.6. The summed E-state index contributed by atoms with van der Waals surface area (Å²) in [4.78, 5) is 27.1. The maximum Gasteiger partial charge on any atom is 0.227 e. The summed E-state index contributed by atoms with van der Waals surface area (Å²) >= 11 is 0. The zero-order valence-corrected chi connectivity index (χ0v) is 14.0. The molecule has 1 aliphatic carbocycles. The van der Waals surface area contributed by atoms with E-state index in [1.165, 1.54) is 5.56 Å². The minimum absolute atomic E-state index is 0.0536. The molecule has 5 nitrogen and oxygen atoms in total. The van der Waals surface area contributed by atoms with E-state index >= 15 is 0 Å². The summed E-state index contributed by atoms with van der Waals surface area (Å²) in [6, 6.07) is 8.46. The number of carbonyl (C=O) groups excluding carboxylic acids is 2. The van der Waals surface area contributed by atoms with Gasteiger partial charge in [0.25, 0.3) is 0 Å². The van der Waals surface area contributed by atoms with Crippen molar-refractivity contribution in [2.45, 2.75) is 50.8 Å². The molecule has 128 valence electrons. The molecule has 1 aromatic rings. The molecule has 0 unspecified atom stereocenters. The first-order valence-corrected chi connectivity index (χ1v) is 8.89. The van der Waals surface area contributed by atoms with E-state index in [2.05, 4.69) is 5.32 Å². The smallest absolute Gasteiger partial charge is 0.227 e. The summed E-state index contributed by atoms with van der Waals surface area (Å²) in [6.45, 7) is 3.16. The Kier molecular flexibility index (Phi) is 4.04. The van der Waals surface area contributed by atoms with Crippen molar-refractivity contribution in [2.75, 3.05) is 13.2 Å². The van der Waals surface area contributed by atoms with E-state index in [0.717, 1.165) is 24.8 Å². The number of amides is 2. The van der Waals surface area contributed by atoms with E-state index in [1.54, 1.807) is 0 Å². The fraction of sp³-hybridized carbons (Fsp3) is 0.579. The second-order valence-corrected chi connectivity index (χ2v) is 7.29. The maximum absolute atomic E-state index is 12.8. The summed E-state index contributed by atoms with van der Waals surface area (Å²) in [5.41, 5.74) is 2.21. The SMILES string of the molecule is Cc1ccc(CC(=O)N2C[C@H](C(=O)NC3CC3)[C@@H]3OCC[C@H]32)cc1. The third kappa shape index (κ3) is 3.05. The van der Waals surface area contributed by atoms with Crippen molar-refractivity contribution >= 4 is 11.8 Å². The van der Waals surface area contributed by atoms with Gasteiger partial charge in [0, 0.05) is 19.2 Å². The number of benzene rings is 1. The average molecular weight is 328 g/mol. The van der Waals surface area contributed by atoms with Gasteiger partial charge in [-0.1, -0.05) is 29.8 Å². The molecule has 0 spiro atoms. The molecule has 5 heteroatoms. The predicted molar refractivity (Wildman–Crippen MR) is 89.4 cm³/mol. The Morgan fingerprint density at radius 3 is 2.67 bits per heavy atom. The van der Waals surface area contributed by atoms with Crippen molar-refractivity contribution in [2.24, 2.45) is 5.92 Å². The lowest BCUT2D eigenvalue weighted by molar-refractivity contribution is -0.131. The van der Waals surface area contributed by atoms with E-state index in [4.69, 9.17) is 4.74 Å². The van der Waals surface area contributed by atoms with Gasteiger partial charge in [-0.2, -0.15) is 0 Å². The van der Waals surface area contributed by atoms with Crippen LogP contribution in [0.4, 0.5) is 0 Å². The van der Waals surface area contributed by atoms with Crippen molar-refractivity contribution < 1.29 is 14.3 Å². The van der Waals surface area contributed by atoms with Gasteiger partial charge in [-0.05, 0) is 31.7 Å². The highest BCUT2D eigenvalue weighted by atomic mass is 16.5. The molecule has 24 heavy (non-hydrogen) atoms. The Labute approximate surface area is 142 Å². The van der Waals surface area contributed by atoms with Gasteiger partial charge in [0.05, 0.1) is 24.5 Å². The quantitative estimate of drug-likeness (QED) is 0.910. The Morgan fingerprint density at radius 1 is 1.21 bits per heavy atom. The lowest BCUT2D eigenvalue weighted by atomic mass is 10.0. The Morgan fingerprint density at radius 2 is 1.96 bits per heavy atom. The number of carbonyl (C=O) groups is 2. The zero-order valence-electron chi connectivity index (χ0n) is 14.0. The number of hydrogen-bond acceptors (Lipinski definition) is 3. The molecule has 1 saturated carbocycles. The van der Waals surface area contributed by atoms with Gasteiger partial charge >= 0.3 is 0 Å². The van der Waals surface area contributed by atoms with E-state index in [1.807, 2.05) is 36.1 Å². The van der Waals surface area contributed by atoms with E-state index in [-0.39, 0.29) is 29.9 Å². The summed E-state index contributed by atoms with van der Waals surface area (Å²) in [7, 11) is 0. The first-order valence-electron chi connectivity index (χ1n) is 8.89. The summed E-state index contributed by atoms with van der Waals surface area (Å²) < 4.78 is 5.80. The second kappa shape index (κ2) is 6.20. The lowest BCUT2D eigenvalue weighted by Gasteiger charge is -2.22. The Hall–Kier alpha value is -1.88. The molecule has 1 aromatic carbocycles. The molecule has 2 heterocycles. The molecular weight excluding hydrogens is 304 g/mol. The number of ether oxygens (including phenoxy) is 1. The number of likely N-dealkylation sites (tertiary alicyclic amines) is 1. The van der Waals surface area contributed by atoms with Crippen LogP contribution in [-0.4, -0.2) is 48.1 Å². The van der Waals surface area contributed by atoms with Gasteiger partial charge in [0.1, 0.15) is 0 Å². The van der Waals surface area contributed by atoms with Crippen LogP contribution in [0.25, 0.3) is 0 Å². The standard InChI is InChI=1S/C19H24N2O3/c1-12-2-4-13(5-3-12)10-17(22)21-11-15(18-16(21)8-9-24-18)19(23)20-14-6-7-14/h2-5,14-16,18H,6-11H2,1H3,(H,20,23)/t15-,16+,18-/m0/s1. The average Bonchev–Trinajstić information content (AvgIpc) is 3.10. The Balaban J connectivity index is 1.45. The van der Waals surface area contributed by atoms with Crippen molar-refractivity contribution in [1.29, 1.82) is 0 Å². The lowest BCUT2D eigenvalue weighted by Crippen LogP contribution is -2.39. The maximum atomic E-state index is 12.8. The number of rotatable bonds is 4. The zero-order chi connectivity index (χ0) is 16.7. The molecule has 1 N–H and O–H groups in total. The Bertz CT molecular complexity index is 639. The van der Waals surface area contributed by atoms with E-state index in [0.29, 0.717) is 25.6 Å². The van der Waals surface area contributed by atoms with Gasteiger partial charge in [0.15, 0.2) is 0 Å². The molecule has 2 amide bonds. The van der Waals surface area contributed by atoms with Crippen molar-refractivity contribution in [3.05, 3.63) is 35.4 Å². The van der Waals surface area contributed by atoms with Crippen LogP contribution in [-0.2, 0) is 20.7 Å².